The zero-order chi connectivity index (χ0) is 13.9. The molecule has 1 aliphatic carbocycles. The predicted octanol–water partition coefficient (Wildman–Crippen LogP) is 3.70. The fourth-order valence-corrected chi connectivity index (χ4v) is 2.69. The van der Waals surface area contributed by atoms with Crippen molar-refractivity contribution in [1.82, 2.24) is 0 Å². The van der Waals surface area contributed by atoms with Gasteiger partial charge in [-0.1, -0.05) is 37.5 Å². The lowest BCUT2D eigenvalue weighted by Crippen LogP contribution is -2.19. The number of cyclic esters (lactones) is 1. The van der Waals surface area contributed by atoms with Crippen LogP contribution in [0.2, 0.25) is 0 Å². The lowest BCUT2D eigenvalue weighted by atomic mass is 9.89. The van der Waals surface area contributed by atoms with Gasteiger partial charge >= 0.3 is 5.97 Å². The van der Waals surface area contributed by atoms with Crippen LogP contribution in [0.5, 0.6) is 0 Å². The summed E-state index contributed by atoms with van der Waals surface area (Å²) >= 11 is 0. The molecule has 1 aromatic carbocycles. The molecule has 1 aromatic rings. The highest BCUT2D eigenvalue weighted by Crippen LogP contribution is 2.29. The maximum Gasteiger partial charge on any atom is 0.363 e. The lowest BCUT2D eigenvalue weighted by molar-refractivity contribution is -0.130. The van der Waals surface area contributed by atoms with E-state index in [0.717, 1.165) is 25.7 Å². The second-order valence-corrected chi connectivity index (χ2v) is 5.23. The third kappa shape index (κ3) is 2.64. The number of benzene rings is 1. The summed E-state index contributed by atoms with van der Waals surface area (Å²) in [5, 5.41) is 0. The number of carbonyl (C=O) groups excluding carboxylic acids is 1. The maximum absolute atomic E-state index is 13.6. The van der Waals surface area contributed by atoms with Crippen LogP contribution in [0.15, 0.2) is 35.0 Å². The van der Waals surface area contributed by atoms with Gasteiger partial charge in [0.2, 0.25) is 5.90 Å². The van der Waals surface area contributed by atoms with E-state index in [4.69, 9.17) is 4.74 Å². The molecule has 20 heavy (non-hydrogen) atoms. The lowest BCUT2D eigenvalue weighted by Gasteiger charge is -2.19. The average molecular weight is 273 g/mol. The van der Waals surface area contributed by atoms with E-state index >= 15 is 0 Å². The Morgan fingerprint density at radius 2 is 1.95 bits per heavy atom. The van der Waals surface area contributed by atoms with E-state index in [1.165, 1.54) is 18.6 Å². The van der Waals surface area contributed by atoms with Crippen molar-refractivity contribution in [3.05, 3.63) is 41.3 Å². The van der Waals surface area contributed by atoms with Gasteiger partial charge in [0.1, 0.15) is 5.82 Å². The van der Waals surface area contributed by atoms with Crippen LogP contribution in [-0.4, -0.2) is 11.9 Å². The Labute approximate surface area is 117 Å². The average Bonchev–Trinajstić information content (AvgIpc) is 2.84. The van der Waals surface area contributed by atoms with Crippen molar-refractivity contribution >= 4 is 17.9 Å². The van der Waals surface area contributed by atoms with Crippen LogP contribution in [0.4, 0.5) is 4.39 Å². The highest BCUT2D eigenvalue weighted by atomic mass is 19.1. The monoisotopic (exact) mass is 273 g/mol. The number of carbonyl (C=O) groups is 1. The summed E-state index contributed by atoms with van der Waals surface area (Å²) in [6, 6.07) is 6.31. The van der Waals surface area contributed by atoms with Gasteiger partial charge in [-0.25, -0.2) is 14.2 Å². The fraction of sp³-hybridized carbons (Fsp3) is 0.375. The predicted molar refractivity (Wildman–Crippen MR) is 74.5 cm³/mol. The van der Waals surface area contributed by atoms with E-state index in [1.807, 2.05) is 0 Å². The Bertz CT molecular complexity index is 586. The van der Waals surface area contributed by atoms with Crippen molar-refractivity contribution in [2.75, 3.05) is 0 Å². The first-order valence-corrected chi connectivity index (χ1v) is 7.01. The van der Waals surface area contributed by atoms with Crippen LogP contribution in [0.25, 0.3) is 6.08 Å². The molecule has 2 aliphatic rings. The van der Waals surface area contributed by atoms with E-state index in [2.05, 4.69) is 4.99 Å². The second kappa shape index (κ2) is 5.57. The summed E-state index contributed by atoms with van der Waals surface area (Å²) < 4.78 is 18.8. The minimum absolute atomic E-state index is 0.190. The fourth-order valence-electron chi connectivity index (χ4n) is 2.69. The summed E-state index contributed by atoms with van der Waals surface area (Å²) in [6.45, 7) is 0. The number of nitrogens with zero attached hydrogens (tertiary/aromatic N) is 1. The molecule has 1 aliphatic heterocycles. The van der Waals surface area contributed by atoms with Crippen molar-refractivity contribution < 1.29 is 13.9 Å². The van der Waals surface area contributed by atoms with Crippen LogP contribution < -0.4 is 0 Å². The van der Waals surface area contributed by atoms with Gasteiger partial charge in [0, 0.05) is 11.5 Å². The SMILES string of the molecule is O=C1OC(C2CCCCC2)=N/C1=C/c1ccccc1F. The zero-order valence-electron chi connectivity index (χ0n) is 11.1. The van der Waals surface area contributed by atoms with Crippen LogP contribution in [0.3, 0.4) is 0 Å². The molecular weight excluding hydrogens is 257 g/mol. The quantitative estimate of drug-likeness (QED) is 0.608. The molecule has 0 unspecified atom stereocenters. The molecule has 3 nitrogen and oxygen atoms in total. The Kier molecular flexibility index (Phi) is 3.63. The highest BCUT2D eigenvalue weighted by Gasteiger charge is 2.30. The van der Waals surface area contributed by atoms with Gasteiger partial charge in [0.15, 0.2) is 5.70 Å². The molecule has 0 atom stereocenters. The van der Waals surface area contributed by atoms with Gasteiger partial charge in [-0.05, 0) is 25.0 Å². The Balaban J connectivity index is 1.85. The molecule has 0 amide bonds. The van der Waals surface area contributed by atoms with E-state index in [-0.39, 0.29) is 17.4 Å². The molecule has 1 saturated carbocycles. The van der Waals surface area contributed by atoms with E-state index in [1.54, 1.807) is 18.2 Å². The molecule has 104 valence electrons. The molecular formula is C16H16FNO2. The van der Waals surface area contributed by atoms with Gasteiger partial charge in [-0.2, -0.15) is 0 Å². The standard InChI is InChI=1S/C16H16FNO2/c17-13-9-5-4-8-12(13)10-14-16(19)20-15(18-14)11-6-2-1-3-7-11/h4-5,8-11H,1-3,6-7H2/b14-10+. The molecule has 3 rings (SSSR count). The first-order chi connectivity index (χ1) is 9.74. The van der Waals surface area contributed by atoms with E-state index < -0.39 is 5.97 Å². The second-order valence-electron chi connectivity index (χ2n) is 5.23. The molecule has 1 fully saturated rings. The van der Waals surface area contributed by atoms with Crippen LogP contribution in [0.1, 0.15) is 37.7 Å². The van der Waals surface area contributed by atoms with Crippen LogP contribution in [-0.2, 0) is 9.53 Å². The Morgan fingerprint density at radius 3 is 2.70 bits per heavy atom. The van der Waals surface area contributed by atoms with Gasteiger partial charge in [0.05, 0.1) is 0 Å². The number of rotatable bonds is 2. The number of halogens is 1. The van der Waals surface area contributed by atoms with E-state index in [0.29, 0.717) is 11.5 Å². The Hall–Kier alpha value is -1.97. The molecule has 0 N–H and O–H groups in total. The minimum Gasteiger partial charge on any atom is -0.406 e. The third-order valence-corrected chi connectivity index (χ3v) is 3.79. The summed E-state index contributed by atoms with van der Waals surface area (Å²) in [7, 11) is 0. The first kappa shape index (κ1) is 13.0. The highest BCUT2D eigenvalue weighted by molar-refractivity contribution is 6.07. The first-order valence-electron chi connectivity index (χ1n) is 7.01. The number of hydrogen-bond donors (Lipinski definition) is 0. The van der Waals surface area contributed by atoms with Crippen molar-refractivity contribution in [2.45, 2.75) is 32.1 Å². The molecule has 1 heterocycles. The Morgan fingerprint density at radius 1 is 1.20 bits per heavy atom. The molecule has 4 heteroatoms. The van der Waals surface area contributed by atoms with Gasteiger partial charge in [-0.15, -0.1) is 0 Å². The molecule has 0 spiro atoms. The summed E-state index contributed by atoms with van der Waals surface area (Å²) in [5.74, 6) is -0.0977. The minimum atomic E-state index is -0.478. The van der Waals surface area contributed by atoms with Gasteiger partial charge in [-0.3, -0.25) is 0 Å². The smallest absolute Gasteiger partial charge is 0.363 e. The van der Waals surface area contributed by atoms with Gasteiger partial charge < -0.3 is 4.74 Å². The van der Waals surface area contributed by atoms with Crippen molar-refractivity contribution in [3.8, 4) is 0 Å². The number of hydrogen-bond acceptors (Lipinski definition) is 3. The summed E-state index contributed by atoms with van der Waals surface area (Å²) in [5.41, 5.74) is 0.545. The van der Waals surface area contributed by atoms with E-state index in [9.17, 15) is 9.18 Å². The molecule has 0 radical (unpaired) electrons. The van der Waals surface area contributed by atoms with Crippen LogP contribution in [0, 0.1) is 11.7 Å². The summed E-state index contributed by atoms with van der Waals surface area (Å²) in [6.07, 6.45) is 7.00. The maximum atomic E-state index is 13.6. The topological polar surface area (TPSA) is 38.7 Å². The number of aliphatic imine (C=N–C) groups is 1. The third-order valence-electron chi connectivity index (χ3n) is 3.79. The number of esters is 1. The van der Waals surface area contributed by atoms with Crippen molar-refractivity contribution in [2.24, 2.45) is 10.9 Å². The zero-order valence-corrected chi connectivity index (χ0v) is 11.1. The largest absolute Gasteiger partial charge is 0.406 e. The summed E-state index contributed by atoms with van der Waals surface area (Å²) in [4.78, 5) is 16.1. The van der Waals surface area contributed by atoms with Gasteiger partial charge in [0.25, 0.3) is 0 Å². The van der Waals surface area contributed by atoms with Crippen molar-refractivity contribution in [1.29, 1.82) is 0 Å². The normalized spacial score (nSPS) is 21.9. The molecule has 0 saturated heterocycles. The molecule has 0 aromatic heterocycles. The van der Waals surface area contributed by atoms with Crippen LogP contribution >= 0.6 is 0 Å². The molecule has 0 bridgehead atoms. The van der Waals surface area contributed by atoms with Crippen molar-refractivity contribution in [3.63, 3.8) is 0 Å². The number of ether oxygens (including phenoxy) is 1.